The largest absolute Gasteiger partial charge is 0.316 e. The second-order valence-corrected chi connectivity index (χ2v) is 2.20. The molecule has 0 aromatic carbocycles. The SMILES string of the molecule is CN(C)C[B]NI. The van der Waals surface area contributed by atoms with Crippen molar-refractivity contribution in [3.8, 4) is 0 Å². The Hall–Kier alpha value is 0.715. The molecule has 0 aliphatic carbocycles. The fraction of sp³-hybridized carbons (Fsp3) is 1.00. The van der Waals surface area contributed by atoms with Gasteiger partial charge in [-0.2, -0.15) is 0 Å². The number of nitrogens with zero attached hydrogens (tertiary/aromatic N) is 1. The lowest BCUT2D eigenvalue weighted by Crippen LogP contribution is -2.24. The Morgan fingerprint density at radius 1 is 1.71 bits per heavy atom. The molecule has 0 aromatic rings. The van der Waals surface area contributed by atoms with Crippen LogP contribution in [0, 0.1) is 0 Å². The quantitative estimate of drug-likeness (QED) is 0.403. The van der Waals surface area contributed by atoms with Gasteiger partial charge in [0.05, 0.1) is 0 Å². The highest BCUT2D eigenvalue weighted by molar-refractivity contribution is 14.1. The Bertz CT molecular complexity index is 41.9. The summed E-state index contributed by atoms with van der Waals surface area (Å²) in [7, 11) is 6.05. The summed E-state index contributed by atoms with van der Waals surface area (Å²) in [4.78, 5) is 2.09. The summed E-state index contributed by atoms with van der Waals surface area (Å²) in [5, 5.41) is 0. The smallest absolute Gasteiger partial charge is 0.232 e. The lowest BCUT2D eigenvalue weighted by Gasteiger charge is -2.04. The molecule has 41 valence electrons. The third-order valence-corrected chi connectivity index (χ3v) is 0.974. The van der Waals surface area contributed by atoms with Gasteiger partial charge in [0.1, 0.15) is 0 Å². The summed E-state index contributed by atoms with van der Waals surface area (Å²) < 4.78 is 2.90. The van der Waals surface area contributed by atoms with E-state index >= 15 is 0 Å². The number of hydrogen-bond acceptors (Lipinski definition) is 2. The van der Waals surface area contributed by atoms with Crippen molar-refractivity contribution in [2.45, 2.75) is 0 Å². The van der Waals surface area contributed by atoms with Crippen LogP contribution in [0.25, 0.3) is 0 Å². The summed E-state index contributed by atoms with van der Waals surface area (Å²) in [6.07, 6.45) is 0.989. The predicted molar refractivity (Wildman–Crippen MR) is 41.5 cm³/mol. The maximum absolute atomic E-state index is 2.90. The van der Waals surface area contributed by atoms with E-state index in [0.29, 0.717) is 0 Å². The number of rotatable bonds is 3. The van der Waals surface area contributed by atoms with Crippen LogP contribution < -0.4 is 3.44 Å². The highest BCUT2D eigenvalue weighted by Gasteiger charge is 1.87. The van der Waals surface area contributed by atoms with Crippen molar-refractivity contribution in [1.82, 2.24) is 8.34 Å². The molecule has 2 nitrogen and oxygen atoms in total. The molecule has 0 bridgehead atoms. The van der Waals surface area contributed by atoms with Crippen molar-refractivity contribution < 1.29 is 0 Å². The minimum absolute atomic E-state index is 0.989. The number of hydrogen-bond donors (Lipinski definition) is 1. The Kier molecular flexibility index (Phi) is 5.36. The minimum atomic E-state index is 0.989. The molecule has 0 spiro atoms. The Morgan fingerprint density at radius 2 is 2.29 bits per heavy atom. The van der Waals surface area contributed by atoms with E-state index in [0.717, 1.165) is 6.44 Å². The average molecular weight is 211 g/mol. The molecule has 1 radical (unpaired) electrons. The van der Waals surface area contributed by atoms with E-state index < -0.39 is 0 Å². The molecule has 0 aliphatic rings. The van der Waals surface area contributed by atoms with Gasteiger partial charge >= 0.3 is 0 Å². The Labute approximate surface area is 59.4 Å². The normalized spacial score (nSPS) is 9.71. The molecule has 0 aliphatic heterocycles. The predicted octanol–water partition coefficient (Wildman–Crippen LogP) is 0.0643. The monoisotopic (exact) mass is 211 g/mol. The van der Waals surface area contributed by atoms with Gasteiger partial charge in [-0.05, 0) is 20.5 Å². The van der Waals surface area contributed by atoms with Gasteiger partial charge in [-0.25, -0.2) is 0 Å². The van der Waals surface area contributed by atoms with Crippen molar-refractivity contribution in [2.24, 2.45) is 0 Å². The summed E-state index contributed by atoms with van der Waals surface area (Å²) in [5.74, 6) is 0. The Morgan fingerprint density at radius 3 is 2.43 bits per heavy atom. The number of nitrogens with one attached hydrogen (secondary N) is 1. The fourth-order valence-corrected chi connectivity index (χ4v) is 0.414. The molecule has 0 heterocycles. The lowest BCUT2D eigenvalue weighted by molar-refractivity contribution is 0.477. The molecule has 0 unspecified atom stereocenters. The third-order valence-electron chi connectivity index (χ3n) is 0.534. The zero-order valence-corrected chi connectivity index (χ0v) is 6.77. The minimum Gasteiger partial charge on any atom is -0.316 e. The van der Waals surface area contributed by atoms with Gasteiger partial charge < -0.3 is 8.34 Å². The molecule has 0 atom stereocenters. The second kappa shape index (κ2) is 4.86. The topological polar surface area (TPSA) is 15.3 Å². The van der Waals surface area contributed by atoms with Crippen molar-refractivity contribution in [3.05, 3.63) is 0 Å². The van der Waals surface area contributed by atoms with E-state index in [1.165, 1.54) is 0 Å². The summed E-state index contributed by atoms with van der Waals surface area (Å²) in [6.45, 7) is 0. The zero-order valence-electron chi connectivity index (χ0n) is 4.61. The molecule has 4 heteroatoms. The van der Waals surface area contributed by atoms with E-state index in [-0.39, 0.29) is 0 Å². The molecule has 1 N–H and O–H groups in total. The van der Waals surface area contributed by atoms with Gasteiger partial charge in [0.15, 0.2) is 0 Å². The van der Waals surface area contributed by atoms with Gasteiger partial charge in [0, 0.05) is 22.9 Å². The van der Waals surface area contributed by atoms with Crippen LogP contribution in [0.4, 0.5) is 0 Å². The van der Waals surface area contributed by atoms with E-state index in [1.807, 2.05) is 21.5 Å². The summed E-state index contributed by atoms with van der Waals surface area (Å²) >= 11 is 2.09. The maximum atomic E-state index is 2.90. The first-order valence-corrected chi connectivity index (χ1v) is 3.18. The maximum Gasteiger partial charge on any atom is 0.232 e. The first-order chi connectivity index (χ1) is 3.27. The standard InChI is InChI=1S/C3H9BIN2/c1-7(2)3-4-6-5/h6H,3H2,1-2H3. The molecule has 0 saturated carbocycles. The molecular weight excluding hydrogens is 202 g/mol. The van der Waals surface area contributed by atoms with Crippen molar-refractivity contribution >= 4 is 30.3 Å². The average Bonchev–Trinajstić information content (AvgIpc) is 1.61. The summed E-state index contributed by atoms with van der Waals surface area (Å²) in [6, 6.07) is 0. The fourth-order valence-electron chi connectivity index (χ4n) is 0.217. The molecule has 0 aromatic heterocycles. The van der Waals surface area contributed by atoms with E-state index in [1.54, 1.807) is 0 Å². The lowest BCUT2D eigenvalue weighted by atomic mass is 9.98. The third kappa shape index (κ3) is 6.71. The van der Waals surface area contributed by atoms with Gasteiger partial charge in [0.25, 0.3) is 0 Å². The van der Waals surface area contributed by atoms with Gasteiger partial charge in [-0.15, -0.1) is 0 Å². The molecule has 7 heavy (non-hydrogen) atoms. The van der Waals surface area contributed by atoms with E-state index in [2.05, 4.69) is 31.2 Å². The molecule has 0 amide bonds. The van der Waals surface area contributed by atoms with Crippen LogP contribution in [0.3, 0.4) is 0 Å². The van der Waals surface area contributed by atoms with Gasteiger partial charge in [0.2, 0.25) is 7.41 Å². The van der Waals surface area contributed by atoms with E-state index in [9.17, 15) is 0 Å². The van der Waals surface area contributed by atoms with E-state index in [4.69, 9.17) is 0 Å². The number of halogens is 1. The first kappa shape index (κ1) is 7.71. The zero-order chi connectivity index (χ0) is 5.70. The first-order valence-electron chi connectivity index (χ1n) is 2.10. The van der Waals surface area contributed by atoms with Crippen molar-refractivity contribution in [1.29, 1.82) is 0 Å². The van der Waals surface area contributed by atoms with Crippen LogP contribution >= 0.6 is 22.9 Å². The molecule has 0 rings (SSSR count). The van der Waals surface area contributed by atoms with Gasteiger partial charge in [-0.1, -0.05) is 0 Å². The Balaban J connectivity index is 2.68. The highest BCUT2D eigenvalue weighted by Crippen LogP contribution is 1.69. The van der Waals surface area contributed by atoms with Crippen molar-refractivity contribution in [2.75, 3.05) is 20.5 Å². The highest BCUT2D eigenvalue weighted by atomic mass is 127. The van der Waals surface area contributed by atoms with Crippen LogP contribution in [-0.2, 0) is 0 Å². The second-order valence-electron chi connectivity index (χ2n) is 1.58. The van der Waals surface area contributed by atoms with Crippen LogP contribution in [-0.4, -0.2) is 32.9 Å². The van der Waals surface area contributed by atoms with Gasteiger partial charge in [-0.3, -0.25) is 0 Å². The van der Waals surface area contributed by atoms with Crippen LogP contribution in [0.15, 0.2) is 0 Å². The molecule has 0 saturated heterocycles. The van der Waals surface area contributed by atoms with Crippen LogP contribution in [0.2, 0.25) is 0 Å². The van der Waals surface area contributed by atoms with Crippen molar-refractivity contribution in [3.63, 3.8) is 0 Å². The van der Waals surface area contributed by atoms with Crippen LogP contribution in [0.1, 0.15) is 0 Å². The molecule has 0 fully saturated rings. The molecular formula is C3H9BIN2. The summed E-state index contributed by atoms with van der Waals surface area (Å²) in [5.41, 5.74) is 0. The van der Waals surface area contributed by atoms with Crippen LogP contribution in [0.5, 0.6) is 0 Å².